The molecule has 0 aliphatic carbocycles. The number of hydrogen-bond acceptors (Lipinski definition) is 4. The van der Waals surface area contributed by atoms with Crippen molar-refractivity contribution < 1.29 is 14.3 Å². The number of benzene rings is 2. The number of guanidine groups is 1. The van der Waals surface area contributed by atoms with E-state index >= 15 is 0 Å². The van der Waals surface area contributed by atoms with Gasteiger partial charge >= 0.3 is 5.97 Å². The summed E-state index contributed by atoms with van der Waals surface area (Å²) in [7, 11) is 1.72. The van der Waals surface area contributed by atoms with Gasteiger partial charge in [-0.05, 0) is 55.5 Å². The first-order chi connectivity index (χ1) is 11.9. The van der Waals surface area contributed by atoms with Crippen molar-refractivity contribution in [1.29, 1.82) is 5.41 Å². The second-order valence-corrected chi connectivity index (χ2v) is 5.35. The summed E-state index contributed by atoms with van der Waals surface area (Å²) in [5, 5.41) is 9.78. The average Bonchev–Trinajstić information content (AvgIpc) is 2.61. The molecule has 0 spiro atoms. The molecule has 25 heavy (non-hydrogen) atoms. The molecule has 2 rings (SSSR count). The summed E-state index contributed by atoms with van der Waals surface area (Å²) in [6.45, 7) is 2.51. The minimum Gasteiger partial charge on any atom is -0.423 e. The molecule has 0 atom stereocenters. The number of carbonyl (C=O) groups excluding carboxylic acids is 2. The second-order valence-electron chi connectivity index (χ2n) is 5.35. The summed E-state index contributed by atoms with van der Waals surface area (Å²) in [6.07, 6.45) is 0. The highest BCUT2D eigenvalue weighted by Crippen LogP contribution is 2.16. The Hall–Kier alpha value is -3.35. The fourth-order valence-electron chi connectivity index (χ4n) is 2.04. The van der Waals surface area contributed by atoms with E-state index in [2.05, 4.69) is 5.32 Å². The van der Waals surface area contributed by atoms with Crippen molar-refractivity contribution in [3.8, 4) is 5.75 Å². The number of nitrogens with two attached hydrogens (primary N) is 1. The molecule has 0 unspecified atom stereocenters. The number of amides is 1. The third-order valence-electron chi connectivity index (χ3n) is 3.53. The SMILES string of the molecule is CCN(C)C(=O)c1ccc(OC(=O)c2ccc(NC(=N)N)cc2)cc1. The molecule has 0 saturated carbocycles. The molecule has 7 heteroatoms. The largest absolute Gasteiger partial charge is 0.423 e. The Kier molecular flexibility index (Phi) is 5.73. The molecule has 7 nitrogen and oxygen atoms in total. The quantitative estimate of drug-likeness (QED) is 0.335. The Morgan fingerprint density at radius 1 is 1.08 bits per heavy atom. The molecule has 0 fully saturated rings. The fraction of sp³-hybridized carbons (Fsp3) is 0.167. The highest BCUT2D eigenvalue weighted by atomic mass is 16.5. The smallest absolute Gasteiger partial charge is 0.343 e. The van der Waals surface area contributed by atoms with E-state index < -0.39 is 5.97 Å². The maximum Gasteiger partial charge on any atom is 0.343 e. The van der Waals surface area contributed by atoms with Crippen LogP contribution >= 0.6 is 0 Å². The van der Waals surface area contributed by atoms with Gasteiger partial charge in [-0.25, -0.2) is 4.79 Å². The molecule has 130 valence electrons. The second kappa shape index (κ2) is 7.96. The summed E-state index contributed by atoms with van der Waals surface area (Å²) in [5.74, 6) is -0.432. The van der Waals surface area contributed by atoms with Gasteiger partial charge in [-0.15, -0.1) is 0 Å². The van der Waals surface area contributed by atoms with E-state index in [1.54, 1.807) is 60.5 Å². The van der Waals surface area contributed by atoms with Crippen LogP contribution in [0.2, 0.25) is 0 Å². The van der Waals surface area contributed by atoms with E-state index in [-0.39, 0.29) is 11.9 Å². The summed E-state index contributed by atoms with van der Waals surface area (Å²) in [4.78, 5) is 25.8. The molecule has 2 aromatic carbocycles. The molecule has 0 aromatic heterocycles. The van der Waals surface area contributed by atoms with Crippen LogP contribution < -0.4 is 15.8 Å². The van der Waals surface area contributed by atoms with Crippen molar-refractivity contribution in [1.82, 2.24) is 4.90 Å². The maximum atomic E-state index is 12.1. The lowest BCUT2D eigenvalue weighted by molar-refractivity contribution is 0.0734. The van der Waals surface area contributed by atoms with E-state index in [0.717, 1.165) is 0 Å². The Balaban J connectivity index is 2.03. The first-order valence-electron chi connectivity index (χ1n) is 7.69. The lowest BCUT2D eigenvalue weighted by Crippen LogP contribution is -2.26. The number of hydrogen-bond donors (Lipinski definition) is 3. The van der Waals surface area contributed by atoms with Crippen molar-refractivity contribution in [2.24, 2.45) is 5.73 Å². The number of carbonyl (C=O) groups is 2. The van der Waals surface area contributed by atoms with Crippen LogP contribution in [0.25, 0.3) is 0 Å². The van der Waals surface area contributed by atoms with Crippen LogP contribution in [0.1, 0.15) is 27.6 Å². The highest BCUT2D eigenvalue weighted by molar-refractivity contribution is 5.95. The topological polar surface area (TPSA) is 109 Å². The Bertz CT molecular complexity index is 770. The van der Waals surface area contributed by atoms with E-state index in [1.807, 2.05) is 6.92 Å². The third kappa shape index (κ3) is 4.81. The van der Waals surface area contributed by atoms with Crippen molar-refractivity contribution in [3.05, 3.63) is 59.7 Å². The number of anilines is 1. The zero-order chi connectivity index (χ0) is 18.4. The van der Waals surface area contributed by atoms with Gasteiger partial charge in [0.05, 0.1) is 5.56 Å². The minimum absolute atomic E-state index is 0.0889. The summed E-state index contributed by atoms with van der Waals surface area (Å²) in [5.41, 5.74) is 6.74. The Morgan fingerprint density at radius 3 is 2.16 bits per heavy atom. The zero-order valence-corrected chi connectivity index (χ0v) is 14.1. The van der Waals surface area contributed by atoms with Crippen LogP contribution in [0.4, 0.5) is 5.69 Å². The van der Waals surface area contributed by atoms with Gasteiger partial charge in [0.15, 0.2) is 5.96 Å². The molecule has 0 aliphatic rings. The Morgan fingerprint density at radius 2 is 1.64 bits per heavy atom. The molecule has 0 saturated heterocycles. The molecule has 0 bridgehead atoms. The molecular formula is C18H20N4O3. The number of ether oxygens (including phenoxy) is 1. The van der Waals surface area contributed by atoms with Crippen molar-refractivity contribution in [3.63, 3.8) is 0 Å². The number of nitrogens with zero attached hydrogens (tertiary/aromatic N) is 1. The fourth-order valence-corrected chi connectivity index (χ4v) is 2.04. The maximum absolute atomic E-state index is 12.1. The molecule has 2 aromatic rings. The predicted molar refractivity (Wildman–Crippen MR) is 96.0 cm³/mol. The van der Waals surface area contributed by atoms with Gasteiger partial charge in [0.2, 0.25) is 0 Å². The van der Waals surface area contributed by atoms with Crippen LogP contribution in [-0.4, -0.2) is 36.3 Å². The zero-order valence-electron chi connectivity index (χ0n) is 14.1. The van der Waals surface area contributed by atoms with Crippen molar-refractivity contribution in [2.75, 3.05) is 18.9 Å². The first-order valence-corrected chi connectivity index (χ1v) is 7.69. The van der Waals surface area contributed by atoms with Crippen molar-refractivity contribution >= 4 is 23.5 Å². The molecule has 1 amide bonds. The van der Waals surface area contributed by atoms with Crippen LogP contribution in [0.3, 0.4) is 0 Å². The van der Waals surface area contributed by atoms with Gasteiger partial charge in [-0.1, -0.05) is 0 Å². The average molecular weight is 340 g/mol. The van der Waals surface area contributed by atoms with Crippen LogP contribution in [0.15, 0.2) is 48.5 Å². The van der Waals surface area contributed by atoms with E-state index in [9.17, 15) is 9.59 Å². The van der Waals surface area contributed by atoms with Gasteiger partial charge in [-0.2, -0.15) is 0 Å². The minimum atomic E-state index is -0.515. The van der Waals surface area contributed by atoms with Crippen LogP contribution in [-0.2, 0) is 0 Å². The van der Waals surface area contributed by atoms with E-state index in [0.29, 0.717) is 29.1 Å². The van der Waals surface area contributed by atoms with Gasteiger partial charge in [0.1, 0.15) is 5.75 Å². The van der Waals surface area contributed by atoms with E-state index in [1.165, 1.54) is 0 Å². The standard InChI is InChI=1S/C18H20N4O3/c1-3-22(2)16(23)12-6-10-15(11-7-12)25-17(24)13-4-8-14(9-5-13)21-18(19)20/h4-11H,3H2,1-2H3,(H4,19,20,21). The monoisotopic (exact) mass is 340 g/mol. The molecule has 0 radical (unpaired) electrons. The van der Waals surface area contributed by atoms with E-state index in [4.69, 9.17) is 15.9 Å². The molecular weight excluding hydrogens is 320 g/mol. The van der Waals surface area contributed by atoms with Crippen LogP contribution in [0.5, 0.6) is 5.75 Å². The van der Waals surface area contributed by atoms with Crippen LogP contribution in [0, 0.1) is 5.41 Å². The van der Waals surface area contributed by atoms with Crippen molar-refractivity contribution in [2.45, 2.75) is 6.92 Å². The normalized spacial score (nSPS) is 10.0. The first kappa shape index (κ1) is 18.0. The Labute approximate surface area is 145 Å². The summed E-state index contributed by atoms with van der Waals surface area (Å²) >= 11 is 0. The number of nitrogens with one attached hydrogen (secondary N) is 2. The molecule has 4 N–H and O–H groups in total. The number of esters is 1. The van der Waals surface area contributed by atoms with Gasteiger partial charge in [-0.3, -0.25) is 10.2 Å². The van der Waals surface area contributed by atoms with Gasteiger partial charge in [0, 0.05) is 24.8 Å². The summed E-state index contributed by atoms with van der Waals surface area (Å²) in [6, 6.07) is 12.8. The third-order valence-corrected chi connectivity index (χ3v) is 3.53. The molecule has 0 aliphatic heterocycles. The van der Waals surface area contributed by atoms with Gasteiger partial charge in [0.25, 0.3) is 5.91 Å². The lowest BCUT2D eigenvalue weighted by atomic mass is 10.2. The molecule has 0 heterocycles. The lowest BCUT2D eigenvalue weighted by Gasteiger charge is -2.14. The highest BCUT2D eigenvalue weighted by Gasteiger charge is 2.12. The predicted octanol–water partition coefficient (Wildman–Crippen LogP) is 2.30. The van der Waals surface area contributed by atoms with Gasteiger partial charge < -0.3 is 20.7 Å². The number of rotatable bonds is 5. The summed E-state index contributed by atoms with van der Waals surface area (Å²) < 4.78 is 5.29.